The molecule has 0 radical (unpaired) electrons. The summed E-state index contributed by atoms with van der Waals surface area (Å²) in [5.74, 6) is 0.995. The first-order chi connectivity index (χ1) is 12.8. The first-order valence-corrected chi connectivity index (χ1v) is 10.8. The summed E-state index contributed by atoms with van der Waals surface area (Å²) in [5, 5.41) is 4.56. The fourth-order valence-electron chi connectivity index (χ4n) is 4.52. The Morgan fingerprint density at radius 2 is 2.08 bits per heavy atom. The van der Waals surface area contributed by atoms with Gasteiger partial charge in [0, 0.05) is 54.9 Å². The third kappa shape index (κ3) is 3.17. The molecule has 1 atom stereocenters. The van der Waals surface area contributed by atoms with Crippen LogP contribution < -0.4 is 10.1 Å². The number of hydrogen-bond donors (Lipinski definition) is 1. The lowest BCUT2D eigenvalue weighted by Gasteiger charge is -2.42. The zero-order chi connectivity index (χ0) is 17.5. The molecule has 1 aliphatic carbocycles. The van der Waals surface area contributed by atoms with Crippen molar-refractivity contribution in [2.45, 2.75) is 63.8 Å². The van der Waals surface area contributed by atoms with Crippen LogP contribution in [0.2, 0.25) is 0 Å². The molecule has 138 valence electrons. The van der Waals surface area contributed by atoms with Gasteiger partial charge in [-0.2, -0.15) is 0 Å². The number of rotatable bonds is 4. The van der Waals surface area contributed by atoms with Gasteiger partial charge in [-0.15, -0.1) is 11.3 Å². The monoisotopic (exact) mass is 369 g/mol. The standard InChI is InChI=1S/C21H27N3OS/c1-14-3-2-10-24(14)16-11-18(12-16)25-17-6-4-15(5-7-17)21-23-19-8-9-22-13-20(19)26-21/h4-7,14,16,18,22H,2-3,8-13H2,1H3. The third-order valence-corrected chi connectivity index (χ3v) is 7.30. The summed E-state index contributed by atoms with van der Waals surface area (Å²) in [4.78, 5) is 8.91. The van der Waals surface area contributed by atoms with Gasteiger partial charge in [0.25, 0.3) is 0 Å². The zero-order valence-corrected chi connectivity index (χ0v) is 16.2. The second-order valence-corrected chi connectivity index (χ2v) is 9.02. The predicted octanol–water partition coefficient (Wildman–Crippen LogP) is 3.85. The minimum Gasteiger partial charge on any atom is -0.490 e. The van der Waals surface area contributed by atoms with Gasteiger partial charge < -0.3 is 10.1 Å². The minimum atomic E-state index is 0.386. The van der Waals surface area contributed by atoms with E-state index in [1.54, 1.807) is 0 Å². The Bertz CT molecular complexity index is 743. The highest BCUT2D eigenvalue weighted by Crippen LogP contribution is 2.35. The summed E-state index contributed by atoms with van der Waals surface area (Å²) in [6.07, 6.45) is 6.51. The van der Waals surface area contributed by atoms with Crippen molar-refractivity contribution < 1.29 is 4.74 Å². The van der Waals surface area contributed by atoms with E-state index in [1.807, 2.05) is 11.3 Å². The molecule has 1 saturated carbocycles. The molecule has 3 aliphatic rings. The van der Waals surface area contributed by atoms with Crippen molar-refractivity contribution in [2.75, 3.05) is 13.1 Å². The first-order valence-electron chi connectivity index (χ1n) is 9.98. The van der Waals surface area contributed by atoms with E-state index in [-0.39, 0.29) is 0 Å². The summed E-state index contributed by atoms with van der Waals surface area (Å²) in [6.45, 7) is 5.65. The van der Waals surface area contributed by atoms with Gasteiger partial charge in [-0.3, -0.25) is 4.90 Å². The van der Waals surface area contributed by atoms with Gasteiger partial charge in [-0.1, -0.05) is 0 Å². The van der Waals surface area contributed by atoms with Crippen LogP contribution in [0.4, 0.5) is 0 Å². The topological polar surface area (TPSA) is 37.4 Å². The van der Waals surface area contributed by atoms with Gasteiger partial charge in [0.05, 0.1) is 5.69 Å². The number of ether oxygens (including phenoxy) is 1. The van der Waals surface area contributed by atoms with Crippen LogP contribution in [0.25, 0.3) is 10.6 Å². The van der Waals surface area contributed by atoms with Crippen LogP contribution in [0.3, 0.4) is 0 Å². The van der Waals surface area contributed by atoms with Gasteiger partial charge >= 0.3 is 0 Å². The number of benzene rings is 1. The number of hydrogen-bond acceptors (Lipinski definition) is 5. The van der Waals surface area contributed by atoms with Gasteiger partial charge in [-0.25, -0.2) is 4.98 Å². The highest BCUT2D eigenvalue weighted by molar-refractivity contribution is 7.15. The minimum absolute atomic E-state index is 0.386. The molecule has 5 rings (SSSR count). The van der Waals surface area contributed by atoms with Crippen molar-refractivity contribution in [3.05, 3.63) is 34.8 Å². The summed E-state index contributed by atoms with van der Waals surface area (Å²) >= 11 is 1.82. The average molecular weight is 370 g/mol. The normalized spacial score (nSPS) is 28.6. The van der Waals surface area contributed by atoms with E-state index in [0.717, 1.165) is 42.4 Å². The molecule has 5 heteroatoms. The smallest absolute Gasteiger partial charge is 0.123 e. The molecular weight excluding hydrogens is 342 g/mol. The molecule has 2 fully saturated rings. The van der Waals surface area contributed by atoms with Crippen LogP contribution in [-0.2, 0) is 13.0 Å². The second-order valence-electron chi connectivity index (χ2n) is 7.93. The van der Waals surface area contributed by atoms with Crippen molar-refractivity contribution in [2.24, 2.45) is 0 Å². The summed E-state index contributed by atoms with van der Waals surface area (Å²) in [6, 6.07) is 10.0. The molecule has 1 aromatic carbocycles. The molecule has 0 spiro atoms. The van der Waals surface area contributed by atoms with Gasteiger partial charge in [0.1, 0.15) is 16.9 Å². The van der Waals surface area contributed by atoms with Gasteiger partial charge in [0.15, 0.2) is 0 Å². The zero-order valence-electron chi connectivity index (χ0n) is 15.4. The van der Waals surface area contributed by atoms with Gasteiger partial charge in [0.2, 0.25) is 0 Å². The predicted molar refractivity (Wildman–Crippen MR) is 106 cm³/mol. The molecule has 2 aliphatic heterocycles. The largest absolute Gasteiger partial charge is 0.490 e. The number of thiazole rings is 1. The van der Waals surface area contributed by atoms with E-state index < -0.39 is 0 Å². The first kappa shape index (κ1) is 16.7. The van der Waals surface area contributed by atoms with Crippen LogP contribution in [-0.4, -0.2) is 41.2 Å². The maximum absolute atomic E-state index is 6.19. The number of aromatic nitrogens is 1. The Morgan fingerprint density at radius 3 is 2.81 bits per heavy atom. The Morgan fingerprint density at radius 1 is 1.23 bits per heavy atom. The van der Waals surface area contributed by atoms with E-state index in [1.165, 1.54) is 48.4 Å². The lowest BCUT2D eigenvalue weighted by Crippen LogP contribution is -2.50. The molecule has 1 saturated heterocycles. The number of likely N-dealkylation sites (tertiary alicyclic amines) is 1. The maximum atomic E-state index is 6.19. The third-order valence-electron chi connectivity index (χ3n) is 6.15. The summed E-state index contributed by atoms with van der Waals surface area (Å²) in [5.41, 5.74) is 2.48. The lowest BCUT2D eigenvalue weighted by atomic mass is 9.87. The quantitative estimate of drug-likeness (QED) is 0.888. The van der Waals surface area contributed by atoms with Crippen molar-refractivity contribution in [3.8, 4) is 16.3 Å². The maximum Gasteiger partial charge on any atom is 0.123 e. The Balaban J connectivity index is 1.19. The molecule has 4 nitrogen and oxygen atoms in total. The lowest BCUT2D eigenvalue weighted by molar-refractivity contribution is 0.0141. The van der Waals surface area contributed by atoms with Crippen LogP contribution >= 0.6 is 11.3 Å². The summed E-state index contributed by atoms with van der Waals surface area (Å²) in [7, 11) is 0. The van der Waals surface area contributed by atoms with Crippen molar-refractivity contribution in [1.82, 2.24) is 15.2 Å². The van der Waals surface area contributed by atoms with Crippen LogP contribution in [0.15, 0.2) is 24.3 Å². The average Bonchev–Trinajstić information content (AvgIpc) is 3.24. The van der Waals surface area contributed by atoms with E-state index in [4.69, 9.17) is 9.72 Å². The van der Waals surface area contributed by atoms with Crippen LogP contribution in [0, 0.1) is 0 Å². The van der Waals surface area contributed by atoms with Crippen LogP contribution in [0.1, 0.15) is 43.2 Å². The number of fused-ring (bicyclic) bond motifs is 1. The van der Waals surface area contributed by atoms with Crippen LogP contribution in [0.5, 0.6) is 5.75 Å². The number of nitrogens with one attached hydrogen (secondary N) is 1. The van der Waals surface area contributed by atoms with Crippen molar-refractivity contribution in [3.63, 3.8) is 0 Å². The molecule has 1 aromatic heterocycles. The highest BCUT2D eigenvalue weighted by Gasteiger charge is 2.38. The molecule has 1 unspecified atom stereocenters. The molecule has 1 N–H and O–H groups in total. The van der Waals surface area contributed by atoms with E-state index in [0.29, 0.717) is 6.10 Å². The van der Waals surface area contributed by atoms with Crippen molar-refractivity contribution >= 4 is 11.3 Å². The second kappa shape index (κ2) is 6.95. The van der Waals surface area contributed by atoms with E-state index in [9.17, 15) is 0 Å². The fraction of sp³-hybridized carbons (Fsp3) is 0.571. The Kier molecular flexibility index (Phi) is 4.47. The molecule has 26 heavy (non-hydrogen) atoms. The van der Waals surface area contributed by atoms with E-state index in [2.05, 4.69) is 41.4 Å². The highest BCUT2D eigenvalue weighted by atomic mass is 32.1. The fourth-order valence-corrected chi connectivity index (χ4v) is 5.60. The Labute approximate surface area is 159 Å². The molecule has 2 aromatic rings. The van der Waals surface area contributed by atoms with E-state index >= 15 is 0 Å². The SMILES string of the molecule is CC1CCCN1C1CC(Oc2ccc(-c3nc4c(s3)CNCC4)cc2)C1. The molecule has 3 heterocycles. The molecule has 0 amide bonds. The Hall–Kier alpha value is -1.43. The number of nitrogens with zero attached hydrogens (tertiary/aromatic N) is 2. The molecular formula is C21H27N3OS. The molecule has 0 bridgehead atoms. The van der Waals surface area contributed by atoms with Gasteiger partial charge in [-0.05, 0) is 50.6 Å². The summed E-state index contributed by atoms with van der Waals surface area (Å²) < 4.78 is 6.19. The van der Waals surface area contributed by atoms with Crippen molar-refractivity contribution in [1.29, 1.82) is 0 Å².